The zero-order chi connectivity index (χ0) is 10.3. The maximum atomic E-state index is 5.95. The van der Waals surface area contributed by atoms with E-state index in [1.54, 1.807) is 5.56 Å². The van der Waals surface area contributed by atoms with Crippen LogP contribution in [0.4, 0.5) is 0 Å². The van der Waals surface area contributed by atoms with Gasteiger partial charge < -0.3 is 10.1 Å². The number of rotatable bonds is 2. The zero-order valence-corrected chi connectivity index (χ0v) is 9.90. The smallest absolute Gasteiger partial charge is 0.104 e. The summed E-state index contributed by atoms with van der Waals surface area (Å²) in [5.41, 5.74) is 2.10. The van der Waals surface area contributed by atoms with E-state index in [4.69, 9.17) is 4.74 Å². The van der Waals surface area contributed by atoms with Crippen molar-refractivity contribution >= 4 is 11.3 Å². The Bertz CT molecular complexity index is 356. The Labute approximate surface area is 94.6 Å². The van der Waals surface area contributed by atoms with Crippen LogP contribution in [0.1, 0.15) is 35.8 Å². The minimum atomic E-state index is 0.282. The van der Waals surface area contributed by atoms with Crippen LogP contribution in [-0.2, 0) is 10.2 Å². The Hall–Kier alpha value is -0.380. The van der Waals surface area contributed by atoms with Gasteiger partial charge in [-0.25, -0.2) is 0 Å². The zero-order valence-electron chi connectivity index (χ0n) is 9.08. The van der Waals surface area contributed by atoms with Crippen molar-refractivity contribution in [2.24, 2.45) is 0 Å². The predicted molar refractivity (Wildman–Crippen MR) is 62.5 cm³/mol. The standard InChI is InChI=1S/C12H17NOS/c1-13-8-10-11-9(2-7-15-11)12(3-4-12)5-6-14-10/h2,7,10,13H,3-6,8H2,1H3/t10-/m0/s1. The molecule has 0 saturated heterocycles. The second-order valence-electron chi connectivity index (χ2n) is 4.65. The van der Waals surface area contributed by atoms with Crippen LogP contribution in [-0.4, -0.2) is 20.2 Å². The third kappa shape index (κ3) is 1.53. The summed E-state index contributed by atoms with van der Waals surface area (Å²) in [6.45, 7) is 1.86. The van der Waals surface area contributed by atoms with E-state index in [1.165, 1.54) is 24.1 Å². The molecule has 1 aromatic rings. The first-order chi connectivity index (χ1) is 7.36. The number of hydrogen-bond acceptors (Lipinski definition) is 3. The molecule has 1 spiro atoms. The average Bonchev–Trinajstić information content (AvgIpc) is 2.89. The summed E-state index contributed by atoms with van der Waals surface area (Å²) >= 11 is 1.86. The van der Waals surface area contributed by atoms with Gasteiger partial charge in [0.15, 0.2) is 0 Å². The first-order valence-electron chi connectivity index (χ1n) is 5.70. The largest absolute Gasteiger partial charge is 0.371 e. The lowest BCUT2D eigenvalue weighted by atomic mass is 9.93. The van der Waals surface area contributed by atoms with Gasteiger partial charge >= 0.3 is 0 Å². The molecule has 1 saturated carbocycles. The number of nitrogens with one attached hydrogen (secondary N) is 1. The Kier molecular flexibility index (Phi) is 2.34. The summed E-state index contributed by atoms with van der Waals surface area (Å²) in [7, 11) is 1.99. The molecule has 0 amide bonds. The second-order valence-corrected chi connectivity index (χ2v) is 5.59. The molecule has 2 heterocycles. The van der Waals surface area contributed by atoms with E-state index in [-0.39, 0.29) is 6.10 Å². The van der Waals surface area contributed by atoms with Gasteiger partial charge in [-0.2, -0.15) is 0 Å². The van der Waals surface area contributed by atoms with E-state index in [9.17, 15) is 0 Å². The highest BCUT2D eigenvalue weighted by atomic mass is 32.1. The number of ether oxygens (including phenoxy) is 1. The van der Waals surface area contributed by atoms with Crippen molar-refractivity contribution in [3.63, 3.8) is 0 Å². The number of hydrogen-bond donors (Lipinski definition) is 1. The third-order valence-corrected chi connectivity index (χ3v) is 4.71. The van der Waals surface area contributed by atoms with Crippen LogP contribution in [0.5, 0.6) is 0 Å². The molecule has 3 rings (SSSR count). The first-order valence-corrected chi connectivity index (χ1v) is 6.58. The van der Waals surface area contributed by atoms with E-state index >= 15 is 0 Å². The highest BCUT2D eigenvalue weighted by Crippen LogP contribution is 2.55. The molecule has 1 fully saturated rings. The molecule has 0 bridgehead atoms. The minimum Gasteiger partial charge on any atom is -0.371 e. The van der Waals surface area contributed by atoms with Crippen LogP contribution < -0.4 is 5.32 Å². The molecule has 0 unspecified atom stereocenters. The van der Waals surface area contributed by atoms with Crippen molar-refractivity contribution in [1.82, 2.24) is 5.32 Å². The maximum Gasteiger partial charge on any atom is 0.104 e. The van der Waals surface area contributed by atoms with Gasteiger partial charge in [-0.1, -0.05) is 0 Å². The number of likely N-dealkylation sites (N-methyl/N-ethyl adjacent to an activating group) is 1. The van der Waals surface area contributed by atoms with Gasteiger partial charge in [-0.3, -0.25) is 0 Å². The molecule has 1 atom stereocenters. The van der Waals surface area contributed by atoms with Crippen molar-refractivity contribution < 1.29 is 4.74 Å². The summed E-state index contributed by atoms with van der Waals surface area (Å²) in [6.07, 6.45) is 4.24. The second kappa shape index (κ2) is 3.58. The lowest BCUT2D eigenvalue weighted by Gasteiger charge is -2.15. The maximum absolute atomic E-state index is 5.95. The molecule has 15 heavy (non-hydrogen) atoms. The Morgan fingerprint density at radius 2 is 2.40 bits per heavy atom. The van der Waals surface area contributed by atoms with E-state index in [0.29, 0.717) is 5.41 Å². The highest BCUT2D eigenvalue weighted by Gasteiger charge is 2.47. The lowest BCUT2D eigenvalue weighted by molar-refractivity contribution is 0.0573. The first kappa shape index (κ1) is 9.82. The number of thiophene rings is 1. The Morgan fingerprint density at radius 3 is 3.13 bits per heavy atom. The average molecular weight is 223 g/mol. The normalized spacial score (nSPS) is 27.4. The molecule has 1 aliphatic heterocycles. The quantitative estimate of drug-likeness (QED) is 0.831. The van der Waals surface area contributed by atoms with Crippen LogP contribution in [0, 0.1) is 0 Å². The Balaban J connectivity index is 1.97. The van der Waals surface area contributed by atoms with Gasteiger partial charge in [-0.05, 0) is 48.7 Å². The minimum absolute atomic E-state index is 0.282. The highest BCUT2D eigenvalue weighted by molar-refractivity contribution is 7.10. The van der Waals surface area contributed by atoms with E-state index < -0.39 is 0 Å². The van der Waals surface area contributed by atoms with Gasteiger partial charge in [0, 0.05) is 18.0 Å². The summed E-state index contributed by atoms with van der Waals surface area (Å²) in [5.74, 6) is 0. The van der Waals surface area contributed by atoms with Crippen molar-refractivity contribution in [2.45, 2.75) is 30.8 Å². The molecule has 2 aliphatic rings. The summed E-state index contributed by atoms with van der Waals surface area (Å²) in [4.78, 5) is 1.47. The Morgan fingerprint density at radius 1 is 1.53 bits per heavy atom. The van der Waals surface area contributed by atoms with Gasteiger partial charge in [0.05, 0.1) is 0 Å². The fourth-order valence-corrected chi connectivity index (χ4v) is 3.69. The fraction of sp³-hybridized carbons (Fsp3) is 0.667. The topological polar surface area (TPSA) is 21.3 Å². The molecule has 1 N–H and O–H groups in total. The molecule has 1 aromatic heterocycles. The van der Waals surface area contributed by atoms with Crippen LogP contribution in [0.25, 0.3) is 0 Å². The van der Waals surface area contributed by atoms with Crippen LogP contribution in [0.3, 0.4) is 0 Å². The van der Waals surface area contributed by atoms with Crippen LogP contribution >= 0.6 is 11.3 Å². The summed E-state index contributed by atoms with van der Waals surface area (Å²) in [5, 5.41) is 5.45. The van der Waals surface area contributed by atoms with Crippen molar-refractivity contribution in [2.75, 3.05) is 20.2 Å². The summed E-state index contributed by atoms with van der Waals surface area (Å²) in [6, 6.07) is 2.32. The van der Waals surface area contributed by atoms with Gasteiger partial charge in [-0.15, -0.1) is 11.3 Å². The lowest BCUT2D eigenvalue weighted by Crippen LogP contribution is -2.18. The van der Waals surface area contributed by atoms with Crippen molar-refractivity contribution in [1.29, 1.82) is 0 Å². The SMILES string of the molecule is CNC[C@@H]1OCCC2(CC2)c2ccsc21. The molecular weight excluding hydrogens is 206 g/mol. The van der Waals surface area contributed by atoms with Gasteiger partial charge in [0.25, 0.3) is 0 Å². The third-order valence-electron chi connectivity index (χ3n) is 3.70. The fourth-order valence-electron chi connectivity index (χ4n) is 2.62. The molecule has 3 heteroatoms. The van der Waals surface area contributed by atoms with E-state index in [1.807, 2.05) is 18.4 Å². The predicted octanol–water partition coefficient (Wildman–Crippen LogP) is 2.46. The molecular formula is C12H17NOS. The molecule has 82 valence electrons. The van der Waals surface area contributed by atoms with Gasteiger partial charge in [0.2, 0.25) is 0 Å². The van der Waals surface area contributed by atoms with Crippen molar-refractivity contribution in [3.05, 3.63) is 21.9 Å². The molecule has 0 radical (unpaired) electrons. The van der Waals surface area contributed by atoms with Gasteiger partial charge in [0.1, 0.15) is 6.10 Å². The van der Waals surface area contributed by atoms with E-state index in [2.05, 4.69) is 16.8 Å². The summed E-state index contributed by atoms with van der Waals surface area (Å²) < 4.78 is 5.95. The van der Waals surface area contributed by atoms with Crippen molar-refractivity contribution in [3.8, 4) is 0 Å². The van der Waals surface area contributed by atoms with Crippen LogP contribution in [0.15, 0.2) is 11.4 Å². The molecule has 0 aromatic carbocycles. The molecule has 2 nitrogen and oxygen atoms in total. The molecule has 1 aliphatic carbocycles. The van der Waals surface area contributed by atoms with E-state index in [0.717, 1.165) is 13.2 Å². The van der Waals surface area contributed by atoms with Crippen LogP contribution in [0.2, 0.25) is 0 Å². The number of fused-ring (bicyclic) bond motifs is 2. The monoisotopic (exact) mass is 223 g/mol.